The van der Waals surface area contributed by atoms with E-state index in [-0.39, 0.29) is 27.7 Å². The molecule has 0 bridgehead atoms. The predicted molar refractivity (Wildman–Crippen MR) is 110 cm³/mol. The number of para-hydroxylation sites is 1. The Hall–Kier alpha value is -2.94. The van der Waals surface area contributed by atoms with Crippen LogP contribution in [-0.2, 0) is 10.0 Å². The summed E-state index contributed by atoms with van der Waals surface area (Å²) in [6.45, 7) is 6.22. The van der Waals surface area contributed by atoms with Gasteiger partial charge in [-0.2, -0.15) is 0 Å². The monoisotopic (exact) mass is 417 g/mol. The van der Waals surface area contributed by atoms with Gasteiger partial charge >= 0.3 is 0 Å². The highest BCUT2D eigenvalue weighted by Gasteiger charge is 2.27. The highest BCUT2D eigenvalue weighted by Crippen LogP contribution is 2.30. The molecule has 1 aliphatic rings. The SMILES string of the molecule is Cc1cc([N+](=O)[O-])cc(S(=O)(=O)Nc2c(C)cccc2C(=O)N2CCCC2)c1C. The third-order valence-electron chi connectivity index (χ3n) is 5.24. The lowest BCUT2D eigenvalue weighted by Crippen LogP contribution is -2.29. The number of non-ortho nitro benzene ring substituents is 1. The molecule has 1 N–H and O–H groups in total. The van der Waals surface area contributed by atoms with Crippen LogP contribution in [0.4, 0.5) is 11.4 Å². The summed E-state index contributed by atoms with van der Waals surface area (Å²) in [5, 5.41) is 11.2. The standard InChI is InChI=1S/C20H23N3O5S/c1-13-7-6-8-17(20(24)22-9-4-5-10-22)19(13)21-29(27,28)18-12-16(23(25)26)11-14(2)15(18)3/h6-8,11-12,21H,4-5,9-10H2,1-3H3. The Bertz CT molecular complexity index is 1090. The average Bonchev–Trinajstić information content (AvgIpc) is 3.19. The summed E-state index contributed by atoms with van der Waals surface area (Å²) < 4.78 is 28.8. The van der Waals surface area contributed by atoms with Crippen LogP contribution < -0.4 is 4.72 Å². The van der Waals surface area contributed by atoms with E-state index in [0.29, 0.717) is 29.8 Å². The average molecular weight is 417 g/mol. The Kier molecular flexibility index (Phi) is 5.61. The van der Waals surface area contributed by atoms with Crippen LogP contribution in [-0.4, -0.2) is 37.2 Å². The van der Waals surface area contributed by atoms with Gasteiger partial charge < -0.3 is 4.90 Å². The molecule has 2 aromatic rings. The summed E-state index contributed by atoms with van der Waals surface area (Å²) >= 11 is 0. The molecule has 0 radical (unpaired) electrons. The van der Waals surface area contributed by atoms with E-state index >= 15 is 0 Å². The number of benzene rings is 2. The minimum atomic E-state index is -4.15. The topological polar surface area (TPSA) is 110 Å². The maximum atomic E-state index is 13.1. The Labute approximate surface area is 169 Å². The molecule has 8 nitrogen and oxygen atoms in total. The van der Waals surface area contributed by atoms with E-state index < -0.39 is 14.9 Å². The number of nitrogens with one attached hydrogen (secondary N) is 1. The quantitative estimate of drug-likeness (QED) is 0.591. The Morgan fingerprint density at radius 1 is 1.10 bits per heavy atom. The second-order valence-corrected chi connectivity index (χ2v) is 8.90. The van der Waals surface area contributed by atoms with Gasteiger partial charge in [-0.1, -0.05) is 12.1 Å². The van der Waals surface area contributed by atoms with Crippen LogP contribution in [0, 0.1) is 30.9 Å². The second kappa shape index (κ2) is 7.82. The van der Waals surface area contributed by atoms with Crippen LogP contribution in [0.2, 0.25) is 0 Å². The predicted octanol–water partition coefficient (Wildman–Crippen LogP) is 3.56. The lowest BCUT2D eigenvalue weighted by Gasteiger charge is -2.20. The molecule has 1 heterocycles. The molecule has 1 aliphatic heterocycles. The van der Waals surface area contributed by atoms with Crippen LogP contribution >= 0.6 is 0 Å². The van der Waals surface area contributed by atoms with Crippen molar-refractivity contribution < 1.29 is 18.1 Å². The fourth-order valence-electron chi connectivity index (χ4n) is 3.45. The summed E-state index contributed by atoms with van der Waals surface area (Å²) in [4.78, 5) is 25.0. The number of nitrogens with zero attached hydrogens (tertiary/aromatic N) is 2. The van der Waals surface area contributed by atoms with Gasteiger partial charge in [0.05, 0.1) is 21.1 Å². The molecule has 29 heavy (non-hydrogen) atoms. The van der Waals surface area contributed by atoms with Crippen LogP contribution in [0.15, 0.2) is 35.2 Å². The number of hydrogen-bond donors (Lipinski definition) is 1. The molecule has 154 valence electrons. The molecular formula is C20H23N3O5S. The number of anilines is 1. The molecule has 1 fully saturated rings. The van der Waals surface area contributed by atoms with E-state index in [1.54, 1.807) is 43.9 Å². The summed E-state index contributed by atoms with van der Waals surface area (Å²) in [5.74, 6) is -0.226. The van der Waals surface area contributed by atoms with Crippen molar-refractivity contribution in [2.24, 2.45) is 0 Å². The van der Waals surface area contributed by atoms with Gasteiger partial charge in [0.15, 0.2) is 0 Å². The van der Waals surface area contributed by atoms with Crippen LogP contribution in [0.3, 0.4) is 0 Å². The van der Waals surface area contributed by atoms with E-state index in [4.69, 9.17) is 0 Å². The Morgan fingerprint density at radius 3 is 2.38 bits per heavy atom. The van der Waals surface area contributed by atoms with Gasteiger partial charge in [0.25, 0.3) is 21.6 Å². The largest absolute Gasteiger partial charge is 0.339 e. The zero-order valence-corrected chi connectivity index (χ0v) is 17.4. The summed E-state index contributed by atoms with van der Waals surface area (Å²) in [7, 11) is -4.15. The maximum absolute atomic E-state index is 13.1. The molecule has 1 amide bonds. The van der Waals surface area contributed by atoms with Gasteiger partial charge in [0.1, 0.15) is 0 Å². The number of hydrogen-bond acceptors (Lipinski definition) is 5. The van der Waals surface area contributed by atoms with Crippen molar-refractivity contribution in [1.82, 2.24) is 4.90 Å². The number of carbonyl (C=O) groups excluding carboxylic acids is 1. The highest BCUT2D eigenvalue weighted by atomic mass is 32.2. The number of amides is 1. The molecule has 0 aromatic heterocycles. The first-order valence-electron chi connectivity index (χ1n) is 9.29. The molecule has 0 atom stereocenters. The zero-order chi connectivity index (χ0) is 21.3. The van der Waals surface area contributed by atoms with Crippen molar-refractivity contribution in [2.45, 2.75) is 38.5 Å². The number of sulfonamides is 1. The minimum Gasteiger partial charge on any atom is -0.339 e. The molecule has 3 rings (SSSR count). The lowest BCUT2D eigenvalue weighted by atomic mass is 10.1. The van der Waals surface area contributed by atoms with Crippen LogP contribution in [0.25, 0.3) is 0 Å². The van der Waals surface area contributed by atoms with Crippen LogP contribution in [0.1, 0.15) is 39.9 Å². The number of carbonyl (C=O) groups is 1. The van der Waals surface area contributed by atoms with E-state index in [1.807, 2.05) is 0 Å². The van der Waals surface area contributed by atoms with Crippen molar-refractivity contribution in [3.63, 3.8) is 0 Å². The number of likely N-dealkylation sites (tertiary alicyclic amines) is 1. The van der Waals surface area contributed by atoms with E-state index in [0.717, 1.165) is 18.9 Å². The zero-order valence-electron chi connectivity index (χ0n) is 16.6. The number of aryl methyl sites for hydroxylation is 2. The van der Waals surface area contributed by atoms with Crippen molar-refractivity contribution in [1.29, 1.82) is 0 Å². The molecule has 0 spiro atoms. The summed E-state index contributed by atoms with van der Waals surface area (Å²) in [6.07, 6.45) is 1.84. The highest BCUT2D eigenvalue weighted by molar-refractivity contribution is 7.92. The van der Waals surface area contributed by atoms with Crippen molar-refractivity contribution in [3.8, 4) is 0 Å². The third kappa shape index (κ3) is 4.09. The third-order valence-corrected chi connectivity index (χ3v) is 6.71. The molecule has 2 aromatic carbocycles. The molecule has 9 heteroatoms. The summed E-state index contributed by atoms with van der Waals surface area (Å²) in [5.41, 5.74) is 1.69. The Morgan fingerprint density at radius 2 is 1.76 bits per heavy atom. The van der Waals surface area contributed by atoms with E-state index in [2.05, 4.69) is 4.72 Å². The van der Waals surface area contributed by atoms with Gasteiger partial charge in [-0.15, -0.1) is 0 Å². The van der Waals surface area contributed by atoms with Crippen molar-refractivity contribution in [2.75, 3.05) is 17.8 Å². The van der Waals surface area contributed by atoms with Gasteiger partial charge in [0.2, 0.25) is 0 Å². The van der Waals surface area contributed by atoms with Crippen molar-refractivity contribution >= 4 is 27.3 Å². The van der Waals surface area contributed by atoms with E-state index in [9.17, 15) is 23.3 Å². The minimum absolute atomic E-state index is 0.174. The molecule has 0 saturated carbocycles. The maximum Gasteiger partial charge on any atom is 0.271 e. The second-order valence-electron chi connectivity index (χ2n) is 7.25. The molecule has 1 saturated heterocycles. The summed E-state index contributed by atoms with van der Waals surface area (Å²) in [6, 6.07) is 7.40. The molecule has 0 unspecified atom stereocenters. The van der Waals surface area contributed by atoms with Gasteiger partial charge in [-0.05, 0) is 56.4 Å². The van der Waals surface area contributed by atoms with Crippen LogP contribution in [0.5, 0.6) is 0 Å². The first-order valence-corrected chi connectivity index (χ1v) is 10.8. The first kappa shape index (κ1) is 20.8. The van der Waals surface area contributed by atoms with Gasteiger partial charge in [-0.3, -0.25) is 19.6 Å². The normalized spacial score (nSPS) is 14.1. The van der Waals surface area contributed by atoms with Gasteiger partial charge in [0, 0.05) is 25.2 Å². The van der Waals surface area contributed by atoms with E-state index in [1.165, 1.54) is 6.07 Å². The fraction of sp³-hybridized carbons (Fsp3) is 0.350. The first-order chi connectivity index (χ1) is 13.6. The molecular weight excluding hydrogens is 394 g/mol. The number of nitro groups is 1. The smallest absolute Gasteiger partial charge is 0.271 e. The Balaban J connectivity index is 2.06. The number of nitro benzene ring substituents is 1. The number of rotatable bonds is 5. The molecule has 0 aliphatic carbocycles. The van der Waals surface area contributed by atoms with Gasteiger partial charge in [-0.25, -0.2) is 8.42 Å². The fourth-order valence-corrected chi connectivity index (χ4v) is 4.94. The van der Waals surface area contributed by atoms with Crippen molar-refractivity contribution in [3.05, 3.63) is 62.7 Å². The lowest BCUT2D eigenvalue weighted by molar-refractivity contribution is -0.385.